The first-order chi connectivity index (χ1) is 14.5. The van der Waals surface area contributed by atoms with Crippen LogP contribution in [0.25, 0.3) is 0 Å². The van der Waals surface area contributed by atoms with Gasteiger partial charge in [-0.2, -0.15) is 0 Å². The number of carbonyl (C=O) groups is 4. The van der Waals surface area contributed by atoms with Crippen LogP contribution >= 0.6 is 0 Å². The van der Waals surface area contributed by atoms with Crippen molar-refractivity contribution in [1.29, 1.82) is 0 Å². The predicted molar refractivity (Wildman–Crippen MR) is 107 cm³/mol. The molecule has 3 fully saturated rings. The fourth-order valence-corrected chi connectivity index (χ4v) is 5.28. The average molecular weight is 410 g/mol. The minimum atomic E-state index is -0.927. The zero-order valence-electron chi connectivity index (χ0n) is 16.8. The molecular formula is C22H26N4O4. The summed E-state index contributed by atoms with van der Waals surface area (Å²) in [5.41, 5.74) is 1.51. The molecule has 30 heavy (non-hydrogen) atoms. The third-order valence-electron chi connectivity index (χ3n) is 7.08. The van der Waals surface area contributed by atoms with E-state index in [-0.39, 0.29) is 18.7 Å². The Morgan fingerprint density at radius 1 is 1.03 bits per heavy atom. The van der Waals surface area contributed by atoms with Gasteiger partial charge in [0.2, 0.25) is 11.8 Å². The van der Waals surface area contributed by atoms with Crippen LogP contribution in [0.2, 0.25) is 0 Å². The Bertz CT molecular complexity index is 918. The second kappa shape index (κ2) is 7.59. The zero-order chi connectivity index (χ0) is 20.8. The predicted octanol–water partition coefficient (Wildman–Crippen LogP) is 0.566. The van der Waals surface area contributed by atoms with Gasteiger partial charge >= 0.3 is 0 Å². The number of benzene rings is 1. The van der Waals surface area contributed by atoms with Gasteiger partial charge in [0.05, 0.1) is 11.1 Å². The van der Waals surface area contributed by atoms with Crippen molar-refractivity contribution in [2.75, 3.05) is 13.1 Å². The number of hydrogen-bond acceptors (Lipinski definition) is 6. The second-order valence-electron chi connectivity index (χ2n) is 8.85. The van der Waals surface area contributed by atoms with Gasteiger partial charge in [-0.05, 0) is 62.2 Å². The van der Waals surface area contributed by atoms with Gasteiger partial charge in [0.25, 0.3) is 11.8 Å². The standard InChI is InChI=1S/C22H26N4O4/c27-18-5-4-17(20(28)25-18)26-21(29)16-3-1-2-13(19(16)22(26)30)11-24-15-8-14(9-15)12-6-7-23-10-12/h1-3,12,14-15,17,23-24H,4-11H2,(H,25,27,28). The summed E-state index contributed by atoms with van der Waals surface area (Å²) in [5.74, 6) is -0.294. The Morgan fingerprint density at radius 2 is 1.87 bits per heavy atom. The van der Waals surface area contributed by atoms with E-state index in [4.69, 9.17) is 0 Å². The first-order valence-corrected chi connectivity index (χ1v) is 10.8. The number of piperidine rings is 1. The molecule has 3 N–H and O–H groups in total. The van der Waals surface area contributed by atoms with Gasteiger partial charge in [0.1, 0.15) is 6.04 Å². The quantitative estimate of drug-likeness (QED) is 0.613. The molecule has 4 aliphatic rings. The molecule has 2 unspecified atom stereocenters. The summed E-state index contributed by atoms with van der Waals surface area (Å²) in [6, 6.07) is 4.79. The minimum Gasteiger partial charge on any atom is -0.316 e. The molecule has 1 saturated carbocycles. The highest BCUT2D eigenvalue weighted by molar-refractivity contribution is 6.24. The van der Waals surface area contributed by atoms with Crippen LogP contribution < -0.4 is 16.0 Å². The van der Waals surface area contributed by atoms with Gasteiger partial charge in [-0.25, -0.2) is 0 Å². The number of rotatable bonds is 5. The van der Waals surface area contributed by atoms with Crippen LogP contribution in [0.4, 0.5) is 0 Å². The minimum absolute atomic E-state index is 0.123. The van der Waals surface area contributed by atoms with Gasteiger partial charge in [-0.3, -0.25) is 29.4 Å². The van der Waals surface area contributed by atoms with Crippen molar-refractivity contribution in [2.24, 2.45) is 11.8 Å². The molecule has 8 heteroatoms. The van der Waals surface area contributed by atoms with Crippen molar-refractivity contribution in [2.45, 2.75) is 50.7 Å². The lowest BCUT2D eigenvalue weighted by molar-refractivity contribution is -0.136. The highest BCUT2D eigenvalue weighted by atomic mass is 16.2. The molecule has 3 aliphatic heterocycles. The molecule has 5 rings (SSSR count). The second-order valence-corrected chi connectivity index (χ2v) is 8.85. The van der Waals surface area contributed by atoms with Crippen molar-refractivity contribution < 1.29 is 19.2 Å². The van der Waals surface area contributed by atoms with Crippen LogP contribution in [0.15, 0.2) is 18.2 Å². The van der Waals surface area contributed by atoms with Crippen LogP contribution in [0.5, 0.6) is 0 Å². The molecule has 8 nitrogen and oxygen atoms in total. The molecule has 0 aromatic heterocycles. The van der Waals surface area contributed by atoms with Crippen LogP contribution in [-0.4, -0.2) is 53.7 Å². The van der Waals surface area contributed by atoms with E-state index in [1.807, 2.05) is 6.07 Å². The number of carbonyl (C=O) groups excluding carboxylic acids is 4. The van der Waals surface area contributed by atoms with Crippen LogP contribution in [-0.2, 0) is 16.1 Å². The maximum absolute atomic E-state index is 13.1. The van der Waals surface area contributed by atoms with Crippen molar-refractivity contribution >= 4 is 23.6 Å². The zero-order valence-corrected chi connectivity index (χ0v) is 16.8. The molecular weight excluding hydrogens is 384 g/mol. The largest absolute Gasteiger partial charge is 0.316 e. The molecule has 1 aromatic rings. The Balaban J connectivity index is 1.27. The van der Waals surface area contributed by atoms with Crippen molar-refractivity contribution in [3.8, 4) is 0 Å². The lowest BCUT2D eigenvalue weighted by Gasteiger charge is -2.39. The van der Waals surface area contributed by atoms with Crippen molar-refractivity contribution in [3.63, 3.8) is 0 Å². The molecule has 3 heterocycles. The molecule has 4 amide bonds. The smallest absolute Gasteiger partial charge is 0.262 e. The highest BCUT2D eigenvalue weighted by Gasteiger charge is 2.45. The number of fused-ring (bicyclic) bond motifs is 1. The average Bonchev–Trinajstić information content (AvgIpc) is 3.30. The summed E-state index contributed by atoms with van der Waals surface area (Å²) < 4.78 is 0. The molecule has 2 saturated heterocycles. The number of amides is 4. The summed E-state index contributed by atoms with van der Waals surface area (Å²) >= 11 is 0. The number of nitrogens with one attached hydrogen (secondary N) is 3. The number of hydrogen-bond donors (Lipinski definition) is 3. The fraction of sp³-hybridized carbons (Fsp3) is 0.545. The fourth-order valence-electron chi connectivity index (χ4n) is 5.28. The van der Waals surface area contributed by atoms with E-state index >= 15 is 0 Å². The monoisotopic (exact) mass is 410 g/mol. The lowest BCUT2D eigenvalue weighted by Crippen LogP contribution is -2.54. The third kappa shape index (κ3) is 3.24. The van der Waals surface area contributed by atoms with E-state index in [0.29, 0.717) is 23.7 Å². The van der Waals surface area contributed by atoms with Crippen LogP contribution in [0.1, 0.15) is 58.4 Å². The van der Waals surface area contributed by atoms with Gasteiger partial charge in [0.15, 0.2) is 0 Å². The van der Waals surface area contributed by atoms with E-state index in [9.17, 15) is 19.2 Å². The molecule has 0 bridgehead atoms. The van der Waals surface area contributed by atoms with Crippen molar-refractivity contribution in [1.82, 2.24) is 20.9 Å². The van der Waals surface area contributed by atoms with Crippen LogP contribution in [0, 0.1) is 11.8 Å². The highest BCUT2D eigenvalue weighted by Crippen LogP contribution is 2.37. The van der Waals surface area contributed by atoms with Gasteiger partial charge in [-0.1, -0.05) is 12.1 Å². The van der Waals surface area contributed by atoms with E-state index < -0.39 is 23.8 Å². The topological polar surface area (TPSA) is 108 Å². The molecule has 158 valence electrons. The Morgan fingerprint density at radius 3 is 2.60 bits per heavy atom. The van der Waals surface area contributed by atoms with Gasteiger partial charge in [0, 0.05) is 19.0 Å². The van der Waals surface area contributed by atoms with E-state index in [2.05, 4.69) is 16.0 Å². The Kier molecular flexibility index (Phi) is 4.91. The molecule has 0 radical (unpaired) electrons. The van der Waals surface area contributed by atoms with E-state index in [1.165, 1.54) is 6.42 Å². The summed E-state index contributed by atoms with van der Waals surface area (Å²) in [4.78, 5) is 50.7. The molecule has 1 aromatic carbocycles. The Labute approximate surface area is 174 Å². The molecule has 0 spiro atoms. The first kappa shape index (κ1) is 19.4. The Hall–Kier alpha value is -2.58. The maximum Gasteiger partial charge on any atom is 0.262 e. The third-order valence-corrected chi connectivity index (χ3v) is 7.08. The normalized spacial score (nSPS) is 31.0. The SMILES string of the molecule is O=C1CCC(N2C(=O)c3cccc(CNC4CC(C5CCNC5)C4)c3C2=O)C(=O)N1. The summed E-state index contributed by atoms with van der Waals surface area (Å²) in [5, 5.41) is 9.19. The van der Waals surface area contributed by atoms with E-state index in [0.717, 1.165) is 48.2 Å². The van der Waals surface area contributed by atoms with Crippen LogP contribution in [0.3, 0.4) is 0 Å². The first-order valence-electron chi connectivity index (χ1n) is 10.8. The van der Waals surface area contributed by atoms with Gasteiger partial charge < -0.3 is 10.6 Å². The maximum atomic E-state index is 13.1. The lowest BCUT2D eigenvalue weighted by atomic mass is 9.72. The van der Waals surface area contributed by atoms with Gasteiger partial charge in [-0.15, -0.1) is 0 Å². The number of nitrogens with zero attached hydrogens (tertiary/aromatic N) is 1. The summed E-state index contributed by atoms with van der Waals surface area (Å²) in [6.07, 6.45) is 3.85. The summed E-state index contributed by atoms with van der Waals surface area (Å²) in [6.45, 7) is 2.76. The summed E-state index contributed by atoms with van der Waals surface area (Å²) in [7, 11) is 0. The van der Waals surface area contributed by atoms with E-state index in [1.54, 1.807) is 12.1 Å². The van der Waals surface area contributed by atoms with Crippen molar-refractivity contribution in [3.05, 3.63) is 34.9 Å². The molecule has 2 atom stereocenters. The number of imide groups is 2. The molecule has 1 aliphatic carbocycles.